The Bertz CT molecular complexity index is 1290. The van der Waals surface area contributed by atoms with Gasteiger partial charge in [-0.25, -0.2) is 14.6 Å². The molecule has 0 fully saturated rings. The minimum absolute atomic E-state index is 0.513. The summed E-state index contributed by atoms with van der Waals surface area (Å²) in [6, 6.07) is 14.0. The molecule has 0 saturated heterocycles. The number of hydrogen-bond donors (Lipinski definition) is 1. The summed E-state index contributed by atoms with van der Waals surface area (Å²) in [4.78, 5) is 17.6. The summed E-state index contributed by atoms with van der Waals surface area (Å²) >= 11 is 0. The Balaban J connectivity index is 1.47. The van der Waals surface area contributed by atoms with E-state index in [2.05, 4.69) is 41.6 Å². The van der Waals surface area contributed by atoms with E-state index in [-0.39, 0.29) is 0 Å². The second-order valence-electron chi connectivity index (χ2n) is 6.49. The molecule has 0 aliphatic rings. The molecule has 0 radical (unpaired) electrons. The van der Waals surface area contributed by atoms with Gasteiger partial charge in [0.25, 0.3) is 0 Å². The van der Waals surface area contributed by atoms with Crippen LogP contribution in [0.2, 0.25) is 0 Å². The zero-order valence-electron chi connectivity index (χ0n) is 15.1. The molecular weight excluding hydrogens is 352 g/mol. The number of aromatic nitrogens is 7. The number of fused-ring (bicyclic) bond motifs is 2. The number of nitrogens with zero attached hydrogens (tertiary/aromatic N) is 7. The smallest absolute Gasteiger partial charge is 0.221 e. The number of rotatable bonds is 4. The highest BCUT2D eigenvalue weighted by Gasteiger charge is 2.10. The Hall–Kier alpha value is -3.94. The first-order chi connectivity index (χ1) is 13.7. The van der Waals surface area contributed by atoms with Crippen molar-refractivity contribution in [3.8, 4) is 0 Å². The monoisotopic (exact) mass is 368 g/mol. The molecule has 0 bridgehead atoms. The fraction of sp³-hybridized carbons (Fsp3) is 0.100. The number of aryl methyl sites for hydroxylation is 1. The van der Waals surface area contributed by atoms with Gasteiger partial charge in [0, 0.05) is 29.2 Å². The summed E-state index contributed by atoms with van der Waals surface area (Å²) in [5.41, 5.74) is 5.03. The molecule has 0 saturated carbocycles. The van der Waals surface area contributed by atoms with Crippen LogP contribution in [0.25, 0.3) is 22.2 Å². The van der Waals surface area contributed by atoms with E-state index in [0.29, 0.717) is 23.7 Å². The first kappa shape index (κ1) is 16.2. The van der Waals surface area contributed by atoms with Crippen LogP contribution in [0.4, 0.5) is 11.5 Å². The highest BCUT2D eigenvalue weighted by Crippen LogP contribution is 2.18. The van der Waals surface area contributed by atoms with Crippen molar-refractivity contribution in [2.45, 2.75) is 13.5 Å². The highest BCUT2D eigenvalue weighted by molar-refractivity contribution is 5.79. The Morgan fingerprint density at radius 1 is 1.00 bits per heavy atom. The molecule has 5 rings (SSSR count). The molecule has 4 aromatic heterocycles. The Morgan fingerprint density at radius 3 is 2.89 bits per heavy atom. The molecule has 0 amide bonds. The van der Waals surface area contributed by atoms with Crippen LogP contribution in [0.15, 0.2) is 61.1 Å². The molecule has 4 heterocycles. The molecule has 0 spiro atoms. The van der Waals surface area contributed by atoms with Crippen molar-refractivity contribution in [2.75, 3.05) is 5.32 Å². The maximum Gasteiger partial charge on any atom is 0.221 e. The lowest BCUT2D eigenvalue weighted by Crippen LogP contribution is -2.04. The summed E-state index contributed by atoms with van der Waals surface area (Å²) in [5, 5.41) is 12.7. The normalized spacial score (nSPS) is 11.2. The van der Waals surface area contributed by atoms with E-state index in [1.165, 1.54) is 0 Å². The SMILES string of the molecule is Cc1cc(Nc2cnc3nnn(Cc4ccc5ncccc5c4)c3n2)ccn1. The van der Waals surface area contributed by atoms with E-state index >= 15 is 0 Å². The molecule has 0 aliphatic heterocycles. The summed E-state index contributed by atoms with van der Waals surface area (Å²) < 4.78 is 1.75. The van der Waals surface area contributed by atoms with Gasteiger partial charge in [0.05, 0.1) is 18.3 Å². The Labute approximate surface area is 160 Å². The summed E-state index contributed by atoms with van der Waals surface area (Å²) in [5.74, 6) is 0.629. The average Bonchev–Trinajstić information content (AvgIpc) is 3.10. The summed E-state index contributed by atoms with van der Waals surface area (Å²) in [7, 11) is 0. The van der Waals surface area contributed by atoms with Crippen LogP contribution >= 0.6 is 0 Å². The molecule has 0 atom stereocenters. The molecule has 8 heteroatoms. The Kier molecular flexibility index (Phi) is 3.86. The van der Waals surface area contributed by atoms with Gasteiger partial charge in [-0.1, -0.05) is 17.3 Å². The van der Waals surface area contributed by atoms with Crippen LogP contribution in [0, 0.1) is 6.92 Å². The third kappa shape index (κ3) is 3.11. The van der Waals surface area contributed by atoms with Gasteiger partial charge in [0.15, 0.2) is 11.5 Å². The van der Waals surface area contributed by atoms with Crippen LogP contribution in [0.3, 0.4) is 0 Å². The topological polar surface area (TPSA) is 94.3 Å². The first-order valence-corrected chi connectivity index (χ1v) is 8.84. The molecular formula is C20H16N8. The molecule has 1 aromatic carbocycles. The van der Waals surface area contributed by atoms with Crippen LogP contribution in [0.1, 0.15) is 11.3 Å². The number of benzene rings is 1. The number of nitrogens with one attached hydrogen (secondary N) is 1. The van der Waals surface area contributed by atoms with E-state index in [0.717, 1.165) is 27.8 Å². The maximum atomic E-state index is 4.65. The van der Waals surface area contributed by atoms with E-state index in [9.17, 15) is 0 Å². The van der Waals surface area contributed by atoms with Gasteiger partial charge in [0.2, 0.25) is 5.65 Å². The van der Waals surface area contributed by atoms with Crippen molar-refractivity contribution in [1.29, 1.82) is 0 Å². The average molecular weight is 368 g/mol. The molecule has 0 unspecified atom stereocenters. The molecule has 0 aliphatic carbocycles. The second-order valence-corrected chi connectivity index (χ2v) is 6.49. The summed E-state index contributed by atoms with van der Waals surface area (Å²) in [6.07, 6.45) is 5.20. The fourth-order valence-electron chi connectivity index (χ4n) is 3.09. The van der Waals surface area contributed by atoms with E-state index in [4.69, 9.17) is 0 Å². The molecule has 8 nitrogen and oxygen atoms in total. The largest absolute Gasteiger partial charge is 0.339 e. The van der Waals surface area contributed by atoms with Crippen LogP contribution in [-0.2, 0) is 6.54 Å². The summed E-state index contributed by atoms with van der Waals surface area (Å²) in [6.45, 7) is 2.49. The van der Waals surface area contributed by atoms with Gasteiger partial charge in [-0.3, -0.25) is 9.97 Å². The standard InChI is InChI=1S/C20H16N8/c1-13-9-16(6-8-21-13)24-18-11-23-19-20(25-18)28(27-26-19)12-14-4-5-17-15(10-14)3-2-7-22-17/h2-11H,12H2,1H3,(H,21,24,25). The second kappa shape index (κ2) is 6.66. The van der Waals surface area contributed by atoms with Crippen molar-refractivity contribution in [3.63, 3.8) is 0 Å². The Morgan fingerprint density at radius 2 is 1.96 bits per heavy atom. The van der Waals surface area contributed by atoms with Crippen LogP contribution in [-0.4, -0.2) is 34.9 Å². The molecule has 5 aromatic rings. The number of pyridine rings is 2. The van der Waals surface area contributed by atoms with Gasteiger partial charge in [-0.05, 0) is 42.8 Å². The lowest BCUT2D eigenvalue weighted by atomic mass is 10.1. The third-order valence-electron chi connectivity index (χ3n) is 4.40. The fourth-order valence-corrected chi connectivity index (χ4v) is 3.09. The predicted octanol–water partition coefficient (Wildman–Crippen LogP) is 3.26. The van der Waals surface area contributed by atoms with E-state index in [1.54, 1.807) is 23.3 Å². The number of hydrogen-bond acceptors (Lipinski definition) is 7. The van der Waals surface area contributed by atoms with Gasteiger partial charge >= 0.3 is 0 Å². The minimum Gasteiger partial charge on any atom is -0.339 e. The van der Waals surface area contributed by atoms with Gasteiger partial charge < -0.3 is 5.32 Å². The zero-order chi connectivity index (χ0) is 18.9. The van der Waals surface area contributed by atoms with Gasteiger partial charge in [0.1, 0.15) is 0 Å². The predicted molar refractivity (Wildman–Crippen MR) is 106 cm³/mol. The zero-order valence-corrected chi connectivity index (χ0v) is 15.1. The van der Waals surface area contributed by atoms with Crippen molar-refractivity contribution in [1.82, 2.24) is 34.9 Å². The highest BCUT2D eigenvalue weighted by atomic mass is 15.5. The van der Waals surface area contributed by atoms with Crippen molar-refractivity contribution < 1.29 is 0 Å². The van der Waals surface area contributed by atoms with E-state index in [1.807, 2.05) is 43.3 Å². The number of anilines is 2. The lowest BCUT2D eigenvalue weighted by molar-refractivity contribution is 0.664. The molecule has 136 valence electrons. The van der Waals surface area contributed by atoms with Crippen LogP contribution < -0.4 is 5.32 Å². The lowest BCUT2D eigenvalue weighted by Gasteiger charge is -2.07. The maximum absolute atomic E-state index is 4.65. The quantitative estimate of drug-likeness (QED) is 0.520. The molecule has 28 heavy (non-hydrogen) atoms. The van der Waals surface area contributed by atoms with Gasteiger partial charge in [-0.15, -0.1) is 5.10 Å². The van der Waals surface area contributed by atoms with Crippen molar-refractivity contribution in [2.24, 2.45) is 0 Å². The van der Waals surface area contributed by atoms with E-state index < -0.39 is 0 Å². The molecule has 1 N–H and O–H groups in total. The van der Waals surface area contributed by atoms with Gasteiger partial charge in [-0.2, -0.15) is 0 Å². The minimum atomic E-state index is 0.513. The van der Waals surface area contributed by atoms with Crippen LogP contribution in [0.5, 0.6) is 0 Å². The first-order valence-electron chi connectivity index (χ1n) is 8.84. The van der Waals surface area contributed by atoms with Crippen molar-refractivity contribution in [3.05, 3.63) is 72.3 Å². The third-order valence-corrected chi connectivity index (χ3v) is 4.40. The van der Waals surface area contributed by atoms with Crippen molar-refractivity contribution >= 4 is 33.7 Å².